The molecule has 1 aromatic carbocycles. The lowest BCUT2D eigenvalue weighted by Gasteiger charge is -2.29. The minimum atomic E-state index is 0.119. The Hall–Kier alpha value is -0.530. The molecule has 16 heavy (non-hydrogen) atoms. The van der Waals surface area contributed by atoms with Crippen molar-refractivity contribution in [2.75, 3.05) is 0 Å². The molecule has 0 heterocycles. The Kier molecular flexibility index (Phi) is 3.88. The smallest absolute Gasteiger partial charge is 0.0456 e. The molecule has 1 atom stereocenters. The number of halogens is 1. The van der Waals surface area contributed by atoms with Crippen LogP contribution in [0.4, 0.5) is 0 Å². The molecule has 1 aliphatic rings. The van der Waals surface area contributed by atoms with Crippen molar-refractivity contribution in [3.63, 3.8) is 0 Å². The largest absolute Gasteiger partial charge is 0.324 e. The van der Waals surface area contributed by atoms with E-state index in [1.54, 1.807) is 0 Å². The molecule has 0 aromatic heterocycles. The lowest BCUT2D eigenvalue weighted by atomic mass is 9.80. The second kappa shape index (κ2) is 5.20. The molecule has 1 fully saturated rings. The van der Waals surface area contributed by atoms with Crippen LogP contribution in [0.5, 0.6) is 0 Å². The predicted molar refractivity (Wildman–Crippen MR) is 69.7 cm³/mol. The first-order valence-corrected chi connectivity index (χ1v) is 6.58. The Morgan fingerprint density at radius 2 is 1.94 bits per heavy atom. The molecule has 1 nitrogen and oxygen atoms in total. The van der Waals surface area contributed by atoms with Gasteiger partial charge in [0, 0.05) is 11.1 Å². The van der Waals surface area contributed by atoms with Crippen LogP contribution in [0.1, 0.15) is 49.3 Å². The first-order chi connectivity index (χ1) is 7.70. The van der Waals surface area contributed by atoms with Crippen molar-refractivity contribution in [2.24, 2.45) is 11.7 Å². The minimum Gasteiger partial charge on any atom is -0.324 e. The average molecular weight is 238 g/mol. The zero-order chi connectivity index (χ0) is 11.5. The molecule has 1 aliphatic carbocycles. The Bertz CT molecular complexity index is 336. The van der Waals surface area contributed by atoms with Crippen LogP contribution in [-0.4, -0.2) is 0 Å². The highest BCUT2D eigenvalue weighted by atomic mass is 35.5. The van der Waals surface area contributed by atoms with Crippen molar-refractivity contribution in [1.82, 2.24) is 0 Å². The van der Waals surface area contributed by atoms with Gasteiger partial charge in [-0.3, -0.25) is 0 Å². The highest BCUT2D eigenvalue weighted by Crippen LogP contribution is 2.36. The average Bonchev–Trinajstić information content (AvgIpc) is 2.30. The molecule has 1 aromatic rings. The van der Waals surface area contributed by atoms with E-state index in [4.69, 9.17) is 17.3 Å². The van der Waals surface area contributed by atoms with Gasteiger partial charge >= 0.3 is 0 Å². The van der Waals surface area contributed by atoms with Crippen LogP contribution in [0, 0.1) is 12.8 Å². The molecule has 0 unspecified atom stereocenters. The summed E-state index contributed by atoms with van der Waals surface area (Å²) in [6, 6.07) is 6.17. The highest BCUT2D eigenvalue weighted by molar-refractivity contribution is 6.31. The molecule has 0 amide bonds. The van der Waals surface area contributed by atoms with Gasteiger partial charge in [0.05, 0.1) is 0 Å². The third kappa shape index (κ3) is 2.41. The van der Waals surface area contributed by atoms with Gasteiger partial charge in [0.15, 0.2) is 0 Å². The predicted octanol–water partition coefficient (Wildman–Crippen LogP) is 4.23. The summed E-state index contributed by atoms with van der Waals surface area (Å²) in [5, 5.41) is 0.832. The van der Waals surface area contributed by atoms with Gasteiger partial charge in [-0.25, -0.2) is 0 Å². The minimum absolute atomic E-state index is 0.119. The van der Waals surface area contributed by atoms with Crippen molar-refractivity contribution >= 4 is 11.6 Å². The van der Waals surface area contributed by atoms with E-state index in [0.29, 0.717) is 5.92 Å². The third-order valence-electron chi connectivity index (χ3n) is 3.76. The standard InChI is InChI=1S/C14H20ClN/c1-10-6-5-9-12(15)13(10)14(16)11-7-3-2-4-8-11/h5-6,9,11,14H,2-4,7-8,16H2,1H3/t14-/m0/s1. The maximum atomic E-state index is 6.39. The zero-order valence-corrected chi connectivity index (χ0v) is 10.6. The van der Waals surface area contributed by atoms with E-state index in [9.17, 15) is 0 Å². The van der Waals surface area contributed by atoms with E-state index in [1.165, 1.54) is 37.7 Å². The summed E-state index contributed by atoms with van der Waals surface area (Å²) in [5.74, 6) is 0.618. The Morgan fingerprint density at radius 3 is 2.56 bits per heavy atom. The van der Waals surface area contributed by atoms with Gasteiger partial charge in [-0.1, -0.05) is 43.0 Å². The van der Waals surface area contributed by atoms with Crippen LogP contribution >= 0.6 is 11.6 Å². The molecule has 0 spiro atoms. The first-order valence-electron chi connectivity index (χ1n) is 6.20. The summed E-state index contributed by atoms with van der Waals surface area (Å²) in [4.78, 5) is 0. The van der Waals surface area contributed by atoms with Crippen LogP contribution < -0.4 is 5.73 Å². The summed E-state index contributed by atoms with van der Waals surface area (Å²) in [6.07, 6.45) is 6.52. The number of benzene rings is 1. The van der Waals surface area contributed by atoms with Crippen LogP contribution in [-0.2, 0) is 0 Å². The van der Waals surface area contributed by atoms with Crippen molar-refractivity contribution in [1.29, 1.82) is 0 Å². The van der Waals surface area contributed by atoms with Crippen molar-refractivity contribution < 1.29 is 0 Å². The third-order valence-corrected chi connectivity index (χ3v) is 4.09. The van der Waals surface area contributed by atoms with Gasteiger partial charge < -0.3 is 5.73 Å². The van der Waals surface area contributed by atoms with E-state index in [-0.39, 0.29) is 6.04 Å². The maximum Gasteiger partial charge on any atom is 0.0456 e. The van der Waals surface area contributed by atoms with E-state index >= 15 is 0 Å². The van der Waals surface area contributed by atoms with Crippen LogP contribution in [0.3, 0.4) is 0 Å². The molecule has 2 heteroatoms. The number of hydrogen-bond donors (Lipinski definition) is 1. The number of rotatable bonds is 2. The molecular weight excluding hydrogens is 218 g/mol. The van der Waals surface area contributed by atoms with Gasteiger partial charge in [-0.05, 0) is 42.9 Å². The lowest BCUT2D eigenvalue weighted by molar-refractivity contribution is 0.308. The van der Waals surface area contributed by atoms with E-state index < -0.39 is 0 Å². The Labute approximate surface area is 103 Å². The number of hydrogen-bond acceptors (Lipinski definition) is 1. The second-order valence-electron chi connectivity index (χ2n) is 4.89. The molecule has 0 saturated heterocycles. The van der Waals surface area contributed by atoms with Gasteiger partial charge in [-0.2, -0.15) is 0 Å². The van der Waals surface area contributed by atoms with Crippen molar-refractivity contribution in [3.8, 4) is 0 Å². The molecule has 0 radical (unpaired) electrons. The van der Waals surface area contributed by atoms with Crippen LogP contribution in [0.2, 0.25) is 5.02 Å². The summed E-state index contributed by atoms with van der Waals surface area (Å²) in [7, 11) is 0. The number of aryl methyl sites for hydroxylation is 1. The Balaban J connectivity index is 2.22. The van der Waals surface area contributed by atoms with Gasteiger partial charge in [0.1, 0.15) is 0 Å². The molecule has 1 saturated carbocycles. The first kappa shape index (κ1) is 11.9. The van der Waals surface area contributed by atoms with E-state index in [0.717, 1.165) is 10.6 Å². The van der Waals surface area contributed by atoms with Crippen molar-refractivity contribution in [3.05, 3.63) is 34.3 Å². The van der Waals surface area contributed by atoms with E-state index in [1.807, 2.05) is 12.1 Å². The van der Waals surface area contributed by atoms with Crippen molar-refractivity contribution in [2.45, 2.75) is 45.1 Å². The maximum absolute atomic E-state index is 6.39. The summed E-state index contributed by atoms with van der Waals surface area (Å²) in [6.45, 7) is 2.10. The molecule has 0 bridgehead atoms. The van der Waals surface area contributed by atoms with Crippen LogP contribution in [0.15, 0.2) is 18.2 Å². The SMILES string of the molecule is Cc1cccc(Cl)c1[C@@H](N)C1CCCCC1. The van der Waals surface area contributed by atoms with Gasteiger partial charge in [0.2, 0.25) is 0 Å². The molecule has 2 rings (SSSR count). The fourth-order valence-corrected chi connectivity index (χ4v) is 3.14. The molecule has 88 valence electrons. The summed E-state index contributed by atoms with van der Waals surface area (Å²) < 4.78 is 0. The topological polar surface area (TPSA) is 26.0 Å². The Morgan fingerprint density at radius 1 is 1.25 bits per heavy atom. The number of nitrogens with two attached hydrogens (primary N) is 1. The normalized spacial score (nSPS) is 19.7. The molecular formula is C14H20ClN. The fourth-order valence-electron chi connectivity index (χ4n) is 2.80. The molecule has 0 aliphatic heterocycles. The quantitative estimate of drug-likeness (QED) is 0.819. The molecule has 2 N–H and O–H groups in total. The fraction of sp³-hybridized carbons (Fsp3) is 0.571. The summed E-state index contributed by atoms with van der Waals surface area (Å²) >= 11 is 6.26. The lowest BCUT2D eigenvalue weighted by Crippen LogP contribution is -2.24. The van der Waals surface area contributed by atoms with E-state index in [2.05, 4.69) is 13.0 Å². The zero-order valence-electron chi connectivity index (χ0n) is 9.88. The van der Waals surface area contributed by atoms with Crippen LogP contribution in [0.25, 0.3) is 0 Å². The second-order valence-corrected chi connectivity index (χ2v) is 5.30. The highest BCUT2D eigenvalue weighted by Gasteiger charge is 2.24. The summed E-state index contributed by atoms with van der Waals surface area (Å²) in [5.41, 5.74) is 8.78. The van der Waals surface area contributed by atoms with Gasteiger partial charge in [-0.15, -0.1) is 0 Å². The van der Waals surface area contributed by atoms with Gasteiger partial charge in [0.25, 0.3) is 0 Å². The monoisotopic (exact) mass is 237 g/mol.